The van der Waals surface area contributed by atoms with Crippen LogP contribution in [-0.4, -0.2) is 85.7 Å². The van der Waals surface area contributed by atoms with Crippen LogP contribution in [0, 0.1) is 13.8 Å². The molecular weight excluding hydrogens is 971 g/mol. The lowest BCUT2D eigenvalue weighted by Crippen LogP contribution is -2.38. The lowest BCUT2D eigenvalue weighted by Gasteiger charge is -2.32. The molecule has 10 nitrogen and oxygen atoms in total. The number of piperidine rings is 2. The van der Waals surface area contributed by atoms with Gasteiger partial charge in [0.05, 0.1) is 11.1 Å². The summed E-state index contributed by atoms with van der Waals surface area (Å²) in [6, 6.07) is 35.9. The summed E-state index contributed by atoms with van der Waals surface area (Å²) < 4.78 is 77.1. The highest BCUT2D eigenvalue weighted by Gasteiger charge is 2.33. The van der Waals surface area contributed by atoms with Crippen molar-refractivity contribution in [3.05, 3.63) is 200 Å². The molecule has 75 heavy (non-hydrogen) atoms. The van der Waals surface area contributed by atoms with Crippen LogP contribution in [0.25, 0.3) is 0 Å². The van der Waals surface area contributed by atoms with E-state index in [2.05, 4.69) is 20.9 Å². The van der Waals surface area contributed by atoms with Gasteiger partial charge in [-0.2, -0.15) is 26.3 Å². The summed E-state index contributed by atoms with van der Waals surface area (Å²) in [5.41, 5.74) is 7.48. The van der Waals surface area contributed by atoms with Crippen molar-refractivity contribution in [2.75, 3.05) is 58.0 Å². The molecule has 0 aliphatic carbocycles. The molecule has 0 saturated carbocycles. The molecule has 2 aliphatic rings. The molecule has 2 heterocycles. The number of likely N-dealkylation sites (tertiary alicyclic amines) is 2. The van der Waals surface area contributed by atoms with Crippen LogP contribution in [0.15, 0.2) is 133 Å². The Hall–Kier alpha value is -7.30. The van der Waals surface area contributed by atoms with Crippen molar-refractivity contribution in [1.82, 2.24) is 20.0 Å². The number of rotatable bonds is 12. The third-order valence-corrected chi connectivity index (χ3v) is 13.8. The molecule has 2 fully saturated rings. The number of hydrogen-bond acceptors (Lipinski definition) is 6. The van der Waals surface area contributed by atoms with Crippen molar-refractivity contribution in [3.63, 3.8) is 0 Å². The van der Waals surface area contributed by atoms with Gasteiger partial charge < -0.3 is 30.7 Å². The Morgan fingerprint density at radius 2 is 0.853 bits per heavy atom. The third-order valence-electron chi connectivity index (χ3n) is 13.8. The summed E-state index contributed by atoms with van der Waals surface area (Å²) in [7, 11) is 5.83. The van der Waals surface area contributed by atoms with E-state index in [-0.39, 0.29) is 35.5 Å². The zero-order chi connectivity index (χ0) is 54.0. The lowest BCUT2D eigenvalue weighted by molar-refractivity contribution is -0.138. The van der Waals surface area contributed by atoms with Crippen molar-refractivity contribution in [2.24, 2.45) is 0 Å². The van der Waals surface area contributed by atoms with Crippen molar-refractivity contribution >= 4 is 35.0 Å². The maximum absolute atomic E-state index is 13.2. The molecule has 2 saturated heterocycles. The number of halogens is 6. The number of carbonyl (C=O) groups is 4. The van der Waals surface area contributed by atoms with E-state index in [0.29, 0.717) is 92.0 Å². The van der Waals surface area contributed by atoms with E-state index in [1.165, 1.54) is 24.3 Å². The van der Waals surface area contributed by atoms with Gasteiger partial charge in [0.1, 0.15) is 0 Å². The van der Waals surface area contributed by atoms with Gasteiger partial charge in [-0.15, -0.1) is 0 Å². The number of aryl methyl sites for hydroxylation is 2. The summed E-state index contributed by atoms with van der Waals surface area (Å²) in [5, 5.41) is 8.91. The number of nitrogens with zero attached hydrogens (tertiary/aromatic N) is 3. The van der Waals surface area contributed by atoms with E-state index in [0.717, 1.165) is 64.2 Å². The topological polar surface area (TPSA) is 114 Å². The van der Waals surface area contributed by atoms with E-state index < -0.39 is 23.5 Å². The third kappa shape index (κ3) is 14.7. The second kappa shape index (κ2) is 24.4. The summed E-state index contributed by atoms with van der Waals surface area (Å²) in [5.74, 6) is -0.526. The second-order valence-corrected chi connectivity index (χ2v) is 19.5. The first-order chi connectivity index (χ1) is 35.7. The number of hydrogen-bond donors (Lipinski definition) is 3. The highest BCUT2D eigenvalue weighted by molar-refractivity contribution is 6.06. The van der Waals surface area contributed by atoms with Gasteiger partial charge in [-0.05, 0) is 179 Å². The first-order valence-corrected chi connectivity index (χ1v) is 24.9. The van der Waals surface area contributed by atoms with Gasteiger partial charge >= 0.3 is 12.4 Å². The first kappa shape index (κ1) is 55.5. The lowest BCUT2D eigenvalue weighted by atomic mass is 9.88. The molecule has 4 amide bonds. The van der Waals surface area contributed by atoms with Crippen LogP contribution >= 0.6 is 0 Å². The maximum Gasteiger partial charge on any atom is 0.416 e. The molecule has 394 valence electrons. The number of alkyl halides is 6. The zero-order valence-corrected chi connectivity index (χ0v) is 42.7. The zero-order valence-electron chi connectivity index (χ0n) is 42.7. The van der Waals surface area contributed by atoms with E-state index in [4.69, 9.17) is 0 Å². The quantitative estimate of drug-likeness (QED) is 0.105. The number of nitrogens with one attached hydrogen (secondary N) is 3. The number of carbonyl (C=O) groups excluding carboxylic acids is 4. The smallest absolute Gasteiger partial charge is 0.339 e. The van der Waals surface area contributed by atoms with Gasteiger partial charge in [-0.25, -0.2) is 0 Å². The Labute approximate surface area is 434 Å². The van der Waals surface area contributed by atoms with Crippen LogP contribution in [0.2, 0.25) is 0 Å². The summed E-state index contributed by atoms with van der Waals surface area (Å²) in [4.78, 5) is 57.6. The molecule has 3 N–H and O–H groups in total. The van der Waals surface area contributed by atoms with Crippen LogP contribution in [0.3, 0.4) is 0 Å². The van der Waals surface area contributed by atoms with Crippen molar-refractivity contribution < 1.29 is 45.5 Å². The molecule has 6 aromatic rings. The summed E-state index contributed by atoms with van der Waals surface area (Å²) in [6.45, 7) is 7.30. The van der Waals surface area contributed by atoms with E-state index in [1.54, 1.807) is 58.3 Å². The van der Waals surface area contributed by atoms with Crippen molar-refractivity contribution in [2.45, 2.75) is 76.8 Å². The van der Waals surface area contributed by atoms with Gasteiger partial charge in [0, 0.05) is 72.9 Å². The van der Waals surface area contributed by atoms with Gasteiger partial charge in [0.15, 0.2) is 0 Å². The van der Waals surface area contributed by atoms with Crippen LogP contribution in [0.1, 0.15) is 123 Å². The van der Waals surface area contributed by atoms with Crippen LogP contribution in [0.4, 0.5) is 37.7 Å². The normalized spacial score (nSPS) is 14.5. The second-order valence-electron chi connectivity index (χ2n) is 19.5. The van der Waals surface area contributed by atoms with Gasteiger partial charge in [-0.1, -0.05) is 60.7 Å². The van der Waals surface area contributed by atoms with Gasteiger partial charge in [0.25, 0.3) is 23.6 Å². The molecule has 6 aromatic carbocycles. The molecule has 8 rings (SSSR count). The predicted molar refractivity (Wildman–Crippen MR) is 280 cm³/mol. The highest BCUT2D eigenvalue weighted by Crippen LogP contribution is 2.35. The summed E-state index contributed by atoms with van der Waals surface area (Å²) in [6.07, 6.45) is -5.99. The minimum atomic E-state index is -4.35. The Balaban J connectivity index is 0.000000219. The largest absolute Gasteiger partial charge is 0.416 e. The molecule has 0 atom stereocenters. The van der Waals surface area contributed by atoms with Crippen molar-refractivity contribution in [3.8, 4) is 0 Å². The minimum Gasteiger partial charge on any atom is -0.339 e. The minimum absolute atomic E-state index is 0.110. The fourth-order valence-electron chi connectivity index (χ4n) is 9.36. The maximum atomic E-state index is 13.2. The molecular formula is C59H62F6N6O4. The van der Waals surface area contributed by atoms with Crippen LogP contribution in [0.5, 0.6) is 0 Å². The first-order valence-electron chi connectivity index (χ1n) is 24.9. The molecule has 0 spiro atoms. The van der Waals surface area contributed by atoms with Crippen LogP contribution < -0.4 is 16.0 Å². The highest BCUT2D eigenvalue weighted by atomic mass is 19.4. The number of amides is 4. The number of benzene rings is 6. The van der Waals surface area contributed by atoms with Gasteiger partial charge in [-0.3, -0.25) is 19.2 Å². The predicted octanol–water partition coefficient (Wildman–Crippen LogP) is 12.4. The number of anilines is 2. The van der Waals surface area contributed by atoms with Crippen molar-refractivity contribution in [1.29, 1.82) is 0 Å². The molecule has 0 radical (unpaired) electrons. The molecule has 0 aromatic heterocycles. The molecule has 0 bridgehead atoms. The van der Waals surface area contributed by atoms with E-state index in [1.807, 2.05) is 71.4 Å². The Morgan fingerprint density at radius 1 is 0.507 bits per heavy atom. The Morgan fingerprint density at radius 3 is 1.19 bits per heavy atom. The average molecular weight is 1030 g/mol. The standard InChI is InChI=1S/C30H32F3N3O2.C29H30F3N3O2/c1-20-4-7-25(18-27(20)34-28(37)24-8-5-21(6-9-24)19-35(2)3)29(38)36-16-14-23(15-17-36)22-10-12-26(13-11-22)30(31,32)33;1-19-3-6-24(17-26(19)34-27(36)23-7-4-20(5-8-23)18-33-2)28(37)35-15-13-22(14-16-35)21-9-11-25(12-10-21)29(30,31)32/h4-13,18,23H,14-17,19H2,1-3H3,(H,34,37);3-12,17,22,33H,13-16,18H2,1-2H3,(H,34,36). The van der Waals surface area contributed by atoms with E-state index >= 15 is 0 Å². The SMILES string of the molecule is CNCc1ccc(C(=O)Nc2cc(C(=O)N3CCC(c4ccc(C(F)(F)F)cc4)CC3)ccc2C)cc1.Cc1ccc(C(=O)N2CCC(c3ccc(C(F)(F)F)cc3)CC2)cc1NC(=O)c1ccc(CN(C)C)cc1. The Bertz CT molecular complexity index is 2930. The fraction of sp³-hybridized carbons (Fsp3) is 0.322. The van der Waals surface area contributed by atoms with E-state index in [9.17, 15) is 45.5 Å². The molecule has 2 aliphatic heterocycles. The summed E-state index contributed by atoms with van der Waals surface area (Å²) >= 11 is 0. The molecule has 16 heteroatoms. The average Bonchev–Trinajstić information content (AvgIpc) is 3.39. The Kier molecular flexibility index (Phi) is 18.0. The monoisotopic (exact) mass is 1030 g/mol. The molecule has 0 unspecified atom stereocenters. The van der Waals surface area contributed by atoms with Crippen LogP contribution in [-0.2, 0) is 25.4 Å². The van der Waals surface area contributed by atoms with Gasteiger partial charge in [0.2, 0.25) is 0 Å². The fourth-order valence-corrected chi connectivity index (χ4v) is 9.36.